The zero-order valence-corrected chi connectivity index (χ0v) is 21.1. The van der Waals surface area contributed by atoms with Crippen molar-refractivity contribution in [1.29, 1.82) is 0 Å². The number of rotatable bonds is 7. The molecule has 7 nitrogen and oxygen atoms in total. The number of halogens is 6. The molecule has 0 aliphatic carbocycles. The first-order valence-corrected chi connectivity index (χ1v) is 12.9. The van der Waals surface area contributed by atoms with Gasteiger partial charge in [-0.1, -0.05) is 12.1 Å². The van der Waals surface area contributed by atoms with Gasteiger partial charge in [0, 0.05) is 25.6 Å². The second-order valence-corrected chi connectivity index (χ2v) is 10.8. The highest BCUT2D eigenvalue weighted by molar-refractivity contribution is 7.89. The SMILES string of the molecule is CNc1cc(CNC(=O)C2CC(F)(F)CN2S(=O)(=O)c2ccc(F)cc2)cc(-c2ccc(C(F)(F)F)cc2)n1. The first-order valence-electron chi connectivity index (χ1n) is 11.5. The molecule has 39 heavy (non-hydrogen) atoms. The van der Waals surface area contributed by atoms with Gasteiger partial charge in [-0.3, -0.25) is 4.79 Å². The van der Waals surface area contributed by atoms with Crippen LogP contribution in [0.1, 0.15) is 17.5 Å². The van der Waals surface area contributed by atoms with Gasteiger partial charge in [-0.05, 0) is 54.1 Å². The van der Waals surface area contributed by atoms with Crippen LogP contribution in [0.15, 0.2) is 65.6 Å². The van der Waals surface area contributed by atoms with E-state index in [2.05, 4.69) is 15.6 Å². The van der Waals surface area contributed by atoms with Gasteiger partial charge in [-0.25, -0.2) is 26.6 Å². The van der Waals surface area contributed by atoms with Crippen molar-refractivity contribution in [2.45, 2.75) is 36.0 Å². The van der Waals surface area contributed by atoms with Gasteiger partial charge in [0.15, 0.2) is 0 Å². The standard InChI is InChI=1S/C25H22F6N4O3S/c1-32-22-11-15(10-20(34-22)16-2-4-17(5-3-16)25(29,30)31)13-33-23(36)21-12-24(27,28)14-35(21)39(37,38)19-8-6-18(26)7-9-19/h2-11,21H,12-14H2,1H3,(H,32,34)(H,33,36). The van der Waals surface area contributed by atoms with E-state index < -0.39 is 63.3 Å². The fraction of sp³-hybridized carbons (Fsp3) is 0.280. The lowest BCUT2D eigenvalue weighted by molar-refractivity contribution is -0.137. The molecule has 2 aromatic carbocycles. The molecule has 1 aliphatic rings. The summed E-state index contributed by atoms with van der Waals surface area (Å²) in [6.07, 6.45) is -5.56. The Bertz CT molecular complexity index is 1460. The van der Waals surface area contributed by atoms with E-state index >= 15 is 0 Å². The van der Waals surface area contributed by atoms with Crippen LogP contribution in [0.2, 0.25) is 0 Å². The average Bonchev–Trinajstić information content (AvgIpc) is 3.23. The third-order valence-corrected chi connectivity index (χ3v) is 7.93. The Hall–Kier alpha value is -3.65. The molecule has 1 fully saturated rings. The Balaban J connectivity index is 1.55. The highest BCUT2D eigenvalue weighted by atomic mass is 32.2. The van der Waals surface area contributed by atoms with E-state index in [0.29, 0.717) is 21.2 Å². The molecule has 3 aromatic rings. The van der Waals surface area contributed by atoms with Crippen molar-refractivity contribution in [3.8, 4) is 11.3 Å². The summed E-state index contributed by atoms with van der Waals surface area (Å²) in [5, 5.41) is 5.26. The number of sulfonamides is 1. The first-order chi connectivity index (χ1) is 18.2. The minimum absolute atomic E-state index is 0.212. The first kappa shape index (κ1) is 28.4. The zero-order valence-electron chi connectivity index (χ0n) is 20.3. The summed E-state index contributed by atoms with van der Waals surface area (Å²) >= 11 is 0. The lowest BCUT2D eigenvalue weighted by Gasteiger charge is -2.23. The normalized spacial score (nSPS) is 17.7. The maximum absolute atomic E-state index is 14.3. The van der Waals surface area contributed by atoms with Crippen LogP contribution in [-0.2, 0) is 27.5 Å². The van der Waals surface area contributed by atoms with Gasteiger partial charge in [0.05, 0.1) is 22.7 Å². The van der Waals surface area contributed by atoms with E-state index in [4.69, 9.17) is 0 Å². The number of amides is 1. The molecule has 1 amide bonds. The van der Waals surface area contributed by atoms with E-state index in [9.17, 15) is 39.6 Å². The van der Waals surface area contributed by atoms with E-state index in [-0.39, 0.29) is 12.2 Å². The number of benzene rings is 2. The van der Waals surface area contributed by atoms with Crippen molar-refractivity contribution in [2.24, 2.45) is 0 Å². The summed E-state index contributed by atoms with van der Waals surface area (Å²) in [5.74, 6) is -4.84. The van der Waals surface area contributed by atoms with Crippen LogP contribution in [0, 0.1) is 5.82 Å². The van der Waals surface area contributed by atoms with Crippen molar-refractivity contribution in [3.05, 3.63) is 77.6 Å². The Morgan fingerprint density at radius 1 is 1.08 bits per heavy atom. The number of nitrogens with one attached hydrogen (secondary N) is 2. The number of aromatic nitrogens is 1. The van der Waals surface area contributed by atoms with Crippen LogP contribution < -0.4 is 10.6 Å². The Morgan fingerprint density at radius 2 is 1.72 bits per heavy atom. The van der Waals surface area contributed by atoms with Gasteiger partial charge in [-0.2, -0.15) is 17.5 Å². The van der Waals surface area contributed by atoms with Crippen molar-refractivity contribution in [3.63, 3.8) is 0 Å². The van der Waals surface area contributed by atoms with Crippen molar-refractivity contribution >= 4 is 21.7 Å². The molecular weight excluding hydrogens is 550 g/mol. The summed E-state index contributed by atoms with van der Waals surface area (Å²) in [5.41, 5.74) is 0.236. The van der Waals surface area contributed by atoms with Gasteiger partial charge in [-0.15, -0.1) is 0 Å². The molecule has 0 radical (unpaired) electrons. The van der Waals surface area contributed by atoms with Crippen molar-refractivity contribution < 1.29 is 39.6 Å². The van der Waals surface area contributed by atoms with Crippen LogP contribution >= 0.6 is 0 Å². The Labute approximate surface area is 219 Å². The number of nitrogens with zero attached hydrogens (tertiary/aromatic N) is 2. The number of hydrogen-bond acceptors (Lipinski definition) is 5. The minimum Gasteiger partial charge on any atom is -0.373 e. The molecule has 0 saturated carbocycles. The van der Waals surface area contributed by atoms with Gasteiger partial charge in [0.2, 0.25) is 15.9 Å². The molecule has 14 heteroatoms. The summed E-state index contributed by atoms with van der Waals surface area (Å²) in [4.78, 5) is 16.8. The molecule has 1 saturated heterocycles. The topological polar surface area (TPSA) is 91.4 Å². The maximum atomic E-state index is 14.3. The molecule has 1 aromatic heterocycles. The van der Waals surface area contributed by atoms with Gasteiger partial charge >= 0.3 is 6.18 Å². The van der Waals surface area contributed by atoms with Crippen LogP contribution in [0.4, 0.5) is 32.2 Å². The molecular formula is C25H22F6N4O3S. The van der Waals surface area contributed by atoms with Crippen LogP contribution in [0.5, 0.6) is 0 Å². The lowest BCUT2D eigenvalue weighted by atomic mass is 10.1. The average molecular weight is 573 g/mol. The third kappa shape index (κ3) is 6.33. The van der Waals surface area contributed by atoms with Gasteiger partial charge < -0.3 is 10.6 Å². The Morgan fingerprint density at radius 3 is 2.31 bits per heavy atom. The molecule has 0 bridgehead atoms. The smallest absolute Gasteiger partial charge is 0.373 e. The Kier molecular flexibility index (Phi) is 7.63. The highest BCUT2D eigenvalue weighted by Crippen LogP contribution is 2.36. The molecule has 1 aliphatic heterocycles. The summed E-state index contributed by atoms with van der Waals surface area (Å²) in [6, 6.07) is 9.18. The number of anilines is 1. The minimum atomic E-state index is -4.55. The zero-order chi connectivity index (χ0) is 28.6. The molecule has 2 N–H and O–H groups in total. The predicted octanol–water partition coefficient (Wildman–Crippen LogP) is 4.66. The van der Waals surface area contributed by atoms with Gasteiger partial charge in [0.1, 0.15) is 17.7 Å². The van der Waals surface area contributed by atoms with E-state index in [0.717, 1.165) is 36.4 Å². The predicted molar refractivity (Wildman–Crippen MR) is 130 cm³/mol. The molecule has 1 unspecified atom stereocenters. The number of pyridine rings is 1. The van der Waals surface area contributed by atoms with Crippen LogP contribution in [0.3, 0.4) is 0 Å². The molecule has 208 valence electrons. The third-order valence-electron chi connectivity index (χ3n) is 6.07. The molecule has 1 atom stereocenters. The number of alkyl halides is 5. The largest absolute Gasteiger partial charge is 0.416 e. The molecule has 4 rings (SSSR count). The number of carbonyl (C=O) groups is 1. The second-order valence-electron chi connectivity index (χ2n) is 8.87. The summed E-state index contributed by atoms with van der Waals surface area (Å²) in [6.45, 7) is -1.43. The van der Waals surface area contributed by atoms with Crippen LogP contribution in [-0.4, -0.2) is 49.2 Å². The van der Waals surface area contributed by atoms with Gasteiger partial charge in [0.25, 0.3) is 5.92 Å². The quantitative estimate of drug-likeness (QED) is 0.402. The monoisotopic (exact) mass is 572 g/mol. The molecule has 0 spiro atoms. The highest BCUT2D eigenvalue weighted by Gasteiger charge is 2.52. The van der Waals surface area contributed by atoms with Crippen molar-refractivity contribution in [1.82, 2.24) is 14.6 Å². The lowest BCUT2D eigenvalue weighted by Crippen LogP contribution is -2.45. The summed E-state index contributed by atoms with van der Waals surface area (Å²) < 4.78 is 107. The van der Waals surface area contributed by atoms with Crippen molar-refractivity contribution in [2.75, 3.05) is 18.9 Å². The van der Waals surface area contributed by atoms with E-state index in [1.54, 1.807) is 7.05 Å². The maximum Gasteiger partial charge on any atom is 0.416 e. The summed E-state index contributed by atoms with van der Waals surface area (Å²) in [7, 11) is -2.99. The number of hydrogen-bond donors (Lipinski definition) is 2. The fourth-order valence-electron chi connectivity index (χ4n) is 4.11. The van der Waals surface area contributed by atoms with E-state index in [1.807, 2.05) is 0 Å². The van der Waals surface area contributed by atoms with Crippen LogP contribution in [0.25, 0.3) is 11.3 Å². The molecule has 2 heterocycles. The fourth-order valence-corrected chi connectivity index (χ4v) is 5.72. The number of carbonyl (C=O) groups excluding carboxylic acids is 1. The van der Waals surface area contributed by atoms with E-state index in [1.165, 1.54) is 24.3 Å². The second kappa shape index (κ2) is 10.5.